The Morgan fingerprint density at radius 3 is 1.62 bits per heavy atom. The van der Waals surface area contributed by atoms with E-state index in [9.17, 15) is 26.3 Å². The molecule has 1 saturated heterocycles. The Morgan fingerprint density at radius 1 is 1.00 bits per heavy atom. The molecule has 0 aliphatic carbocycles. The highest BCUT2D eigenvalue weighted by molar-refractivity contribution is 5.85. The van der Waals surface area contributed by atoms with Crippen LogP contribution in [0.5, 0.6) is 0 Å². The molecule has 0 spiro atoms. The van der Waals surface area contributed by atoms with Crippen molar-refractivity contribution in [3.63, 3.8) is 0 Å². The molecule has 1 aliphatic rings. The predicted octanol–water partition coefficient (Wildman–Crippen LogP) is 1.92. The molecular formula is C5H6ClF6N. The third kappa shape index (κ3) is 1.71. The van der Waals surface area contributed by atoms with Gasteiger partial charge in [0.1, 0.15) is 0 Å². The minimum atomic E-state index is -5.53. The van der Waals surface area contributed by atoms with Gasteiger partial charge in [-0.25, -0.2) is 13.2 Å². The molecular weight excluding hydrogens is 224 g/mol. The summed E-state index contributed by atoms with van der Waals surface area (Å²) in [5.41, 5.74) is -4.42. The number of rotatable bonds is 0. The smallest absolute Gasteiger partial charge is 0.307 e. The van der Waals surface area contributed by atoms with Gasteiger partial charge in [0.2, 0.25) is 0 Å². The second kappa shape index (κ2) is 3.20. The molecule has 1 fully saturated rings. The van der Waals surface area contributed by atoms with Gasteiger partial charge in [-0.1, -0.05) is 0 Å². The molecule has 0 aromatic heterocycles. The fourth-order valence-electron chi connectivity index (χ4n) is 0.969. The second-order valence-electron chi connectivity index (χ2n) is 2.61. The van der Waals surface area contributed by atoms with Crippen LogP contribution in [0.3, 0.4) is 0 Å². The van der Waals surface area contributed by atoms with E-state index in [4.69, 9.17) is 0 Å². The summed E-state index contributed by atoms with van der Waals surface area (Å²) in [6.07, 6.45) is -5.53. The van der Waals surface area contributed by atoms with Gasteiger partial charge in [-0.3, -0.25) is 0 Å². The summed E-state index contributed by atoms with van der Waals surface area (Å²) < 4.78 is 72.6. The minimum Gasteiger partial charge on any atom is -0.307 e. The van der Waals surface area contributed by atoms with Gasteiger partial charge >= 0.3 is 12.1 Å². The molecule has 1 unspecified atom stereocenters. The molecule has 0 bridgehead atoms. The summed E-state index contributed by atoms with van der Waals surface area (Å²) in [4.78, 5) is 0. The van der Waals surface area contributed by atoms with Crippen LogP contribution in [0.25, 0.3) is 0 Å². The van der Waals surface area contributed by atoms with E-state index in [1.54, 1.807) is 5.32 Å². The summed E-state index contributed by atoms with van der Waals surface area (Å²) >= 11 is 0. The minimum absolute atomic E-state index is 0. The third-order valence-corrected chi connectivity index (χ3v) is 1.74. The molecule has 80 valence electrons. The van der Waals surface area contributed by atoms with Crippen LogP contribution in [0.15, 0.2) is 0 Å². The lowest BCUT2D eigenvalue weighted by Crippen LogP contribution is -2.54. The number of hydrogen-bond donors (Lipinski definition) is 1. The number of alkyl halides is 6. The largest absolute Gasteiger partial charge is 0.429 e. The van der Waals surface area contributed by atoms with Crippen LogP contribution in [-0.4, -0.2) is 30.9 Å². The summed E-state index contributed by atoms with van der Waals surface area (Å²) in [6, 6.07) is 0. The van der Waals surface area contributed by atoms with Crippen molar-refractivity contribution in [3.8, 4) is 0 Å². The highest BCUT2D eigenvalue weighted by Gasteiger charge is 2.73. The monoisotopic (exact) mass is 229 g/mol. The lowest BCUT2D eigenvalue weighted by molar-refractivity contribution is -0.282. The van der Waals surface area contributed by atoms with Gasteiger partial charge in [0, 0.05) is 6.54 Å². The van der Waals surface area contributed by atoms with E-state index in [2.05, 4.69) is 0 Å². The van der Waals surface area contributed by atoms with Crippen LogP contribution in [0.2, 0.25) is 0 Å². The molecule has 1 atom stereocenters. The maximum Gasteiger partial charge on any atom is 0.429 e. The molecule has 1 nitrogen and oxygen atoms in total. The first kappa shape index (κ1) is 12.8. The van der Waals surface area contributed by atoms with Gasteiger partial charge in [0.05, 0.1) is 6.54 Å². The van der Waals surface area contributed by atoms with Gasteiger partial charge < -0.3 is 5.32 Å². The molecule has 0 aromatic rings. The number of nitrogens with one attached hydrogen (secondary N) is 1. The third-order valence-electron chi connectivity index (χ3n) is 1.74. The van der Waals surface area contributed by atoms with E-state index in [1.165, 1.54) is 0 Å². The van der Waals surface area contributed by atoms with E-state index in [0.29, 0.717) is 0 Å². The molecule has 0 radical (unpaired) electrons. The van der Waals surface area contributed by atoms with Crippen molar-refractivity contribution in [3.05, 3.63) is 0 Å². The molecule has 0 aromatic carbocycles. The zero-order chi connectivity index (χ0) is 9.62. The Balaban J connectivity index is 0.00000144. The molecule has 13 heavy (non-hydrogen) atoms. The summed E-state index contributed by atoms with van der Waals surface area (Å²) in [5.74, 6) is -4.37. The Kier molecular flexibility index (Phi) is 3.16. The maximum atomic E-state index is 12.7. The van der Waals surface area contributed by atoms with Crippen LogP contribution in [0.4, 0.5) is 26.3 Å². The molecule has 1 heterocycles. The highest BCUT2D eigenvalue weighted by Crippen LogP contribution is 2.46. The topological polar surface area (TPSA) is 12.0 Å². The second-order valence-corrected chi connectivity index (χ2v) is 2.61. The van der Waals surface area contributed by atoms with E-state index < -0.39 is 30.9 Å². The predicted molar refractivity (Wildman–Crippen MR) is 35.0 cm³/mol. The summed E-state index contributed by atoms with van der Waals surface area (Å²) in [5, 5.41) is 1.66. The molecule has 0 saturated carbocycles. The van der Waals surface area contributed by atoms with E-state index in [-0.39, 0.29) is 12.4 Å². The van der Waals surface area contributed by atoms with Gasteiger partial charge in [-0.2, -0.15) is 13.2 Å². The maximum absolute atomic E-state index is 12.7. The molecule has 1 rings (SSSR count). The zero-order valence-corrected chi connectivity index (χ0v) is 6.91. The van der Waals surface area contributed by atoms with Gasteiger partial charge in [-0.15, -0.1) is 12.4 Å². The summed E-state index contributed by atoms with van der Waals surface area (Å²) in [7, 11) is 0. The van der Waals surface area contributed by atoms with Crippen molar-refractivity contribution in [2.45, 2.75) is 17.8 Å². The average Bonchev–Trinajstić information content (AvgIpc) is 2.07. The molecule has 1 aliphatic heterocycles. The quantitative estimate of drug-likeness (QED) is 0.626. The number of hydrogen-bond acceptors (Lipinski definition) is 1. The average molecular weight is 230 g/mol. The van der Waals surface area contributed by atoms with Crippen molar-refractivity contribution < 1.29 is 26.3 Å². The van der Waals surface area contributed by atoms with Gasteiger partial charge in [0.15, 0.2) is 0 Å². The van der Waals surface area contributed by atoms with Crippen molar-refractivity contribution in [2.24, 2.45) is 0 Å². The van der Waals surface area contributed by atoms with Crippen molar-refractivity contribution in [1.29, 1.82) is 0 Å². The number of halogens is 7. The lowest BCUT2D eigenvalue weighted by atomic mass is 10.0. The zero-order valence-electron chi connectivity index (χ0n) is 6.09. The Labute approximate surface area is 75.9 Å². The van der Waals surface area contributed by atoms with Crippen LogP contribution in [0.1, 0.15) is 0 Å². The van der Waals surface area contributed by atoms with E-state index in [0.717, 1.165) is 0 Å². The first-order chi connectivity index (χ1) is 5.21. The fourth-order valence-corrected chi connectivity index (χ4v) is 0.969. The fraction of sp³-hybridized carbons (Fsp3) is 1.00. The SMILES string of the molecule is Cl.FC(F)(F)C1(F)CNCC1(F)F. The van der Waals surface area contributed by atoms with Crippen molar-refractivity contribution in [2.75, 3.05) is 13.1 Å². The van der Waals surface area contributed by atoms with E-state index in [1.807, 2.05) is 0 Å². The first-order valence-electron chi connectivity index (χ1n) is 3.05. The summed E-state index contributed by atoms with van der Waals surface area (Å²) in [6.45, 7) is -2.66. The van der Waals surface area contributed by atoms with Crippen LogP contribution >= 0.6 is 12.4 Å². The van der Waals surface area contributed by atoms with Crippen LogP contribution < -0.4 is 5.32 Å². The normalized spacial score (nSPS) is 32.8. The Bertz CT molecular complexity index is 192. The van der Waals surface area contributed by atoms with E-state index >= 15 is 0 Å². The van der Waals surface area contributed by atoms with Crippen LogP contribution in [-0.2, 0) is 0 Å². The molecule has 8 heteroatoms. The van der Waals surface area contributed by atoms with Crippen molar-refractivity contribution in [1.82, 2.24) is 5.32 Å². The lowest BCUT2D eigenvalue weighted by Gasteiger charge is -2.27. The highest BCUT2D eigenvalue weighted by atomic mass is 35.5. The van der Waals surface area contributed by atoms with Crippen molar-refractivity contribution >= 4 is 12.4 Å². The standard InChI is InChI=1S/C5H5F6N.ClH/c6-3(5(9,10)11)1-12-2-4(3,7)8;/h12H,1-2H2;1H. The molecule has 1 N–H and O–H groups in total. The van der Waals surface area contributed by atoms with Gasteiger partial charge in [-0.05, 0) is 0 Å². The van der Waals surface area contributed by atoms with Crippen LogP contribution in [0, 0.1) is 0 Å². The Hall–Kier alpha value is -0.170. The molecule has 0 amide bonds. The Morgan fingerprint density at radius 2 is 1.46 bits per heavy atom. The first-order valence-corrected chi connectivity index (χ1v) is 3.05. The van der Waals surface area contributed by atoms with Gasteiger partial charge in [0.25, 0.3) is 5.67 Å².